The average molecular weight is 287 g/mol. The molecular formula is C12H17NO5S. The lowest BCUT2D eigenvalue weighted by molar-refractivity contribution is 0.0696. The van der Waals surface area contributed by atoms with E-state index in [9.17, 15) is 13.2 Å². The Hall–Kier alpha value is -1.44. The van der Waals surface area contributed by atoms with Gasteiger partial charge in [-0.05, 0) is 43.5 Å². The predicted molar refractivity (Wildman–Crippen MR) is 69.8 cm³/mol. The van der Waals surface area contributed by atoms with Gasteiger partial charge in [0.1, 0.15) is 0 Å². The summed E-state index contributed by atoms with van der Waals surface area (Å²) >= 11 is 0. The molecular weight excluding hydrogens is 270 g/mol. The van der Waals surface area contributed by atoms with Crippen molar-refractivity contribution in [3.05, 3.63) is 28.8 Å². The van der Waals surface area contributed by atoms with E-state index in [-0.39, 0.29) is 23.6 Å². The fourth-order valence-corrected chi connectivity index (χ4v) is 3.01. The van der Waals surface area contributed by atoms with Gasteiger partial charge in [-0.2, -0.15) is 0 Å². The Kier molecular flexibility index (Phi) is 5.04. The van der Waals surface area contributed by atoms with E-state index in [0.29, 0.717) is 17.5 Å². The molecule has 6 nitrogen and oxygen atoms in total. The van der Waals surface area contributed by atoms with Crippen LogP contribution in [0.2, 0.25) is 0 Å². The molecule has 0 saturated heterocycles. The maximum absolute atomic E-state index is 12.1. The molecule has 0 aliphatic rings. The highest BCUT2D eigenvalue weighted by Crippen LogP contribution is 2.21. The maximum Gasteiger partial charge on any atom is 0.335 e. The number of nitrogens with one attached hydrogen (secondary N) is 1. The normalized spacial score (nSPS) is 11.5. The molecule has 106 valence electrons. The molecule has 0 heterocycles. The Morgan fingerprint density at radius 1 is 1.32 bits per heavy atom. The van der Waals surface area contributed by atoms with Crippen LogP contribution in [-0.2, 0) is 10.0 Å². The van der Waals surface area contributed by atoms with Gasteiger partial charge in [0, 0.05) is 13.2 Å². The number of rotatable bonds is 6. The number of carboxylic acid groups (broad SMARTS) is 1. The van der Waals surface area contributed by atoms with Gasteiger partial charge in [0.25, 0.3) is 0 Å². The van der Waals surface area contributed by atoms with E-state index in [1.807, 2.05) is 0 Å². The van der Waals surface area contributed by atoms with E-state index in [2.05, 4.69) is 4.72 Å². The standard InChI is InChI=1S/C12H17NO5S/c1-8-6-10(12(15)16)7-11(9(8)2)19(17,18)13-4-3-5-14/h6-7,13-14H,3-5H2,1-2H3,(H,15,16). The maximum atomic E-state index is 12.1. The number of carbonyl (C=O) groups is 1. The van der Waals surface area contributed by atoms with Gasteiger partial charge in [0.2, 0.25) is 10.0 Å². The number of hydrogen-bond donors (Lipinski definition) is 3. The number of aliphatic hydroxyl groups is 1. The molecule has 0 aromatic heterocycles. The quantitative estimate of drug-likeness (QED) is 0.667. The third kappa shape index (κ3) is 3.76. The number of hydrogen-bond acceptors (Lipinski definition) is 4. The highest BCUT2D eigenvalue weighted by atomic mass is 32.2. The highest BCUT2D eigenvalue weighted by Gasteiger charge is 2.20. The first-order valence-electron chi connectivity index (χ1n) is 5.74. The molecule has 3 N–H and O–H groups in total. The van der Waals surface area contributed by atoms with Crippen molar-refractivity contribution >= 4 is 16.0 Å². The first-order chi connectivity index (χ1) is 8.79. The number of benzene rings is 1. The summed E-state index contributed by atoms with van der Waals surface area (Å²) in [6, 6.07) is 2.58. The number of aromatic carboxylic acids is 1. The number of aliphatic hydroxyl groups excluding tert-OH is 1. The van der Waals surface area contributed by atoms with Crippen LogP contribution in [-0.4, -0.2) is 37.8 Å². The SMILES string of the molecule is Cc1cc(C(=O)O)cc(S(=O)(=O)NCCCO)c1C. The van der Waals surface area contributed by atoms with Crippen LogP contribution >= 0.6 is 0 Å². The minimum absolute atomic E-state index is 0.0390. The van der Waals surface area contributed by atoms with Crippen molar-refractivity contribution in [1.29, 1.82) is 0 Å². The molecule has 1 aromatic rings. The van der Waals surface area contributed by atoms with Crippen molar-refractivity contribution in [2.24, 2.45) is 0 Å². The van der Waals surface area contributed by atoms with E-state index in [4.69, 9.17) is 10.2 Å². The Morgan fingerprint density at radius 3 is 2.47 bits per heavy atom. The van der Waals surface area contributed by atoms with E-state index >= 15 is 0 Å². The Bertz CT molecular complexity index is 580. The molecule has 0 unspecified atom stereocenters. The summed E-state index contributed by atoms with van der Waals surface area (Å²) in [6.07, 6.45) is 0.301. The molecule has 7 heteroatoms. The molecule has 0 bridgehead atoms. The van der Waals surface area contributed by atoms with Crippen molar-refractivity contribution in [3.8, 4) is 0 Å². The smallest absolute Gasteiger partial charge is 0.335 e. The van der Waals surface area contributed by atoms with Crippen molar-refractivity contribution < 1.29 is 23.4 Å². The van der Waals surface area contributed by atoms with Crippen LogP contribution in [0.3, 0.4) is 0 Å². The molecule has 19 heavy (non-hydrogen) atoms. The lowest BCUT2D eigenvalue weighted by atomic mass is 10.1. The van der Waals surface area contributed by atoms with Gasteiger partial charge in [-0.3, -0.25) is 0 Å². The van der Waals surface area contributed by atoms with Gasteiger partial charge >= 0.3 is 5.97 Å². The lowest BCUT2D eigenvalue weighted by Crippen LogP contribution is -2.26. The van der Waals surface area contributed by atoms with Crippen molar-refractivity contribution in [1.82, 2.24) is 4.72 Å². The molecule has 0 fully saturated rings. The van der Waals surface area contributed by atoms with E-state index < -0.39 is 16.0 Å². The summed E-state index contributed by atoms with van der Waals surface area (Å²) < 4.78 is 26.5. The molecule has 1 rings (SSSR count). The van der Waals surface area contributed by atoms with E-state index in [1.165, 1.54) is 6.07 Å². The van der Waals surface area contributed by atoms with Crippen LogP contribution in [0.15, 0.2) is 17.0 Å². The van der Waals surface area contributed by atoms with Crippen LogP contribution in [0.1, 0.15) is 27.9 Å². The molecule has 0 amide bonds. The molecule has 0 aliphatic heterocycles. The van der Waals surface area contributed by atoms with Crippen molar-refractivity contribution in [2.75, 3.05) is 13.2 Å². The first-order valence-corrected chi connectivity index (χ1v) is 7.23. The third-order valence-corrected chi connectivity index (χ3v) is 4.37. The Morgan fingerprint density at radius 2 is 1.95 bits per heavy atom. The number of sulfonamides is 1. The van der Waals surface area contributed by atoms with Crippen LogP contribution in [0.4, 0.5) is 0 Å². The number of aryl methyl sites for hydroxylation is 1. The largest absolute Gasteiger partial charge is 0.478 e. The van der Waals surface area contributed by atoms with Crippen LogP contribution < -0.4 is 4.72 Å². The zero-order chi connectivity index (χ0) is 14.6. The summed E-state index contributed by atoms with van der Waals surface area (Å²) in [5.74, 6) is -1.17. The first kappa shape index (κ1) is 15.6. The Balaban J connectivity index is 3.21. The third-order valence-electron chi connectivity index (χ3n) is 2.78. The molecule has 0 spiro atoms. The zero-order valence-electron chi connectivity index (χ0n) is 10.8. The van der Waals surface area contributed by atoms with Crippen molar-refractivity contribution in [3.63, 3.8) is 0 Å². The van der Waals surface area contributed by atoms with Crippen molar-refractivity contribution in [2.45, 2.75) is 25.2 Å². The topological polar surface area (TPSA) is 104 Å². The van der Waals surface area contributed by atoms with Gasteiger partial charge in [-0.25, -0.2) is 17.9 Å². The molecule has 0 aliphatic carbocycles. The van der Waals surface area contributed by atoms with Gasteiger partial charge in [0.15, 0.2) is 0 Å². The summed E-state index contributed by atoms with van der Waals surface area (Å²) in [5.41, 5.74) is 1.05. The second-order valence-electron chi connectivity index (χ2n) is 4.20. The van der Waals surface area contributed by atoms with Gasteiger partial charge in [0.05, 0.1) is 10.5 Å². The van der Waals surface area contributed by atoms with Gasteiger partial charge in [-0.15, -0.1) is 0 Å². The van der Waals surface area contributed by atoms with E-state index in [0.717, 1.165) is 6.07 Å². The van der Waals surface area contributed by atoms with Gasteiger partial charge in [-0.1, -0.05) is 0 Å². The molecule has 0 atom stereocenters. The second kappa shape index (κ2) is 6.14. The van der Waals surface area contributed by atoms with Crippen LogP contribution in [0.5, 0.6) is 0 Å². The number of carboxylic acids is 1. The summed E-state index contributed by atoms with van der Waals surface area (Å²) in [7, 11) is -3.77. The lowest BCUT2D eigenvalue weighted by Gasteiger charge is -2.12. The average Bonchev–Trinajstić information content (AvgIpc) is 2.32. The minimum Gasteiger partial charge on any atom is -0.478 e. The summed E-state index contributed by atoms with van der Waals surface area (Å²) in [4.78, 5) is 10.9. The summed E-state index contributed by atoms with van der Waals surface area (Å²) in [5, 5.41) is 17.6. The van der Waals surface area contributed by atoms with Crippen LogP contribution in [0, 0.1) is 13.8 Å². The molecule has 0 saturated carbocycles. The Labute approximate surface area is 112 Å². The fraction of sp³-hybridized carbons (Fsp3) is 0.417. The molecule has 1 aromatic carbocycles. The minimum atomic E-state index is -3.77. The second-order valence-corrected chi connectivity index (χ2v) is 5.93. The van der Waals surface area contributed by atoms with E-state index in [1.54, 1.807) is 13.8 Å². The van der Waals surface area contributed by atoms with Crippen LogP contribution in [0.25, 0.3) is 0 Å². The van der Waals surface area contributed by atoms with Gasteiger partial charge < -0.3 is 10.2 Å². The zero-order valence-corrected chi connectivity index (χ0v) is 11.6. The monoisotopic (exact) mass is 287 g/mol. The fourth-order valence-electron chi connectivity index (χ4n) is 1.59. The summed E-state index contributed by atoms with van der Waals surface area (Å²) in [6.45, 7) is 3.28. The predicted octanol–water partition coefficient (Wildman–Crippen LogP) is 0.662. The highest BCUT2D eigenvalue weighted by molar-refractivity contribution is 7.89. The molecule has 0 radical (unpaired) electrons.